The third-order valence-corrected chi connectivity index (χ3v) is 6.71. The molecule has 4 unspecified atom stereocenters. The van der Waals surface area contributed by atoms with Gasteiger partial charge in [-0.05, 0) is 31.4 Å². The number of anilines is 1. The molecule has 0 bridgehead atoms. The number of carbonyl (C=O) groups excluding carboxylic acids is 1. The molecule has 0 radical (unpaired) electrons. The van der Waals surface area contributed by atoms with Crippen molar-refractivity contribution < 1.29 is 34.4 Å². The SMILES string of the molecule is O=C(O)CNC(=O)c1cn(C2CC(O)C(O)C2O)c2cc(NC3CCCCC3)c(F)cc2c1=O. The van der Waals surface area contributed by atoms with Crippen molar-refractivity contribution in [3.63, 3.8) is 0 Å². The van der Waals surface area contributed by atoms with Crippen molar-refractivity contribution in [3.05, 3.63) is 39.9 Å². The summed E-state index contributed by atoms with van der Waals surface area (Å²) in [5.41, 5.74) is -0.857. The number of aliphatic carboxylic acids is 1. The van der Waals surface area contributed by atoms with Crippen molar-refractivity contribution in [2.45, 2.75) is 68.9 Å². The third kappa shape index (κ3) is 4.63. The highest BCUT2D eigenvalue weighted by atomic mass is 19.1. The van der Waals surface area contributed by atoms with Gasteiger partial charge in [0.25, 0.3) is 5.91 Å². The number of benzene rings is 1. The lowest BCUT2D eigenvalue weighted by molar-refractivity contribution is -0.135. The number of amides is 1. The lowest BCUT2D eigenvalue weighted by Crippen LogP contribution is -2.35. The van der Waals surface area contributed by atoms with Crippen LogP contribution in [0, 0.1) is 5.82 Å². The van der Waals surface area contributed by atoms with Gasteiger partial charge >= 0.3 is 5.97 Å². The van der Waals surface area contributed by atoms with Crippen LogP contribution in [-0.2, 0) is 4.79 Å². The second-order valence-corrected chi connectivity index (χ2v) is 9.04. The number of hydrogen-bond acceptors (Lipinski definition) is 7. The number of fused-ring (bicyclic) bond motifs is 1. The summed E-state index contributed by atoms with van der Waals surface area (Å²) < 4.78 is 16.4. The average Bonchev–Trinajstić information content (AvgIpc) is 3.06. The van der Waals surface area contributed by atoms with E-state index in [0.29, 0.717) is 0 Å². The highest BCUT2D eigenvalue weighted by molar-refractivity contribution is 5.99. The maximum Gasteiger partial charge on any atom is 0.322 e. The Hall–Kier alpha value is -3.02. The molecule has 0 spiro atoms. The van der Waals surface area contributed by atoms with Crippen LogP contribution in [0.1, 0.15) is 54.9 Å². The van der Waals surface area contributed by atoms with E-state index >= 15 is 4.39 Å². The van der Waals surface area contributed by atoms with Gasteiger partial charge in [0, 0.05) is 17.6 Å². The van der Waals surface area contributed by atoms with E-state index in [0.717, 1.165) is 44.4 Å². The minimum absolute atomic E-state index is 0.0702. The summed E-state index contributed by atoms with van der Waals surface area (Å²) in [6.07, 6.45) is 1.93. The Labute approximate surface area is 194 Å². The fraction of sp³-hybridized carbons (Fsp3) is 0.522. The number of hydrogen-bond donors (Lipinski definition) is 6. The summed E-state index contributed by atoms with van der Waals surface area (Å²) in [6, 6.07) is 1.61. The molecule has 10 nitrogen and oxygen atoms in total. The number of rotatable bonds is 6. The fourth-order valence-corrected chi connectivity index (χ4v) is 4.89. The quantitative estimate of drug-likeness (QED) is 0.355. The van der Waals surface area contributed by atoms with Crippen molar-refractivity contribution in [3.8, 4) is 0 Å². The smallest absolute Gasteiger partial charge is 0.322 e. The van der Waals surface area contributed by atoms with E-state index < -0.39 is 59.6 Å². The lowest BCUT2D eigenvalue weighted by atomic mass is 9.95. The highest BCUT2D eigenvalue weighted by Crippen LogP contribution is 2.35. The monoisotopic (exact) mass is 477 g/mol. The molecule has 4 rings (SSSR count). The fourth-order valence-electron chi connectivity index (χ4n) is 4.89. The number of aliphatic hydroxyl groups excluding tert-OH is 3. The zero-order chi connectivity index (χ0) is 24.6. The molecular formula is C23H28FN3O7. The van der Waals surface area contributed by atoms with Crippen LogP contribution in [0.2, 0.25) is 0 Å². The number of carboxylic acid groups (broad SMARTS) is 1. The zero-order valence-electron chi connectivity index (χ0n) is 18.4. The van der Waals surface area contributed by atoms with Crippen LogP contribution >= 0.6 is 0 Å². The molecule has 34 heavy (non-hydrogen) atoms. The first kappa shape index (κ1) is 24.1. The maximum absolute atomic E-state index is 15.0. The van der Waals surface area contributed by atoms with Gasteiger partial charge in [-0.2, -0.15) is 0 Å². The van der Waals surface area contributed by atoms with E-state index in [2.05, 4.69) is 10.6 Å². The highest BCUT2D eigenvalue weighted by Gasteiger charge is 2.42. The van der Waals surface area contributed by atoms with Gasteiger partial charge in [0.05, 0.1) is 23.3 Å². The minimum atomic E-state index is -1.44. The van der Waals surface area contributed by atoms with Crippen LogP contribution in [0.25, 0.3) is 10.9 Å². The van der Waals surface area contributed by atoms with Gasteiger partial charge in [0.15, 0.2) is 0 Å². The van der Waals surface area contributed by atoms with Gasteiger partial charge in [0.2, 0.25) is 5.43 Å². The van der Waals surface area contributed by atoms with E-state index in [4.69, 9.17) is 5.11 Å². The van der Waals surface area contributed by atoms with Crippen LogP contribution in [0.5, 0.6) is 0 Å². The first-order valence-electron chi connectivity index (χ1n) is 11.4. The Morgan fingerprint density at radius 1 is 1.09 bits per heavy atom. The predicted molar refractivity (Wildman–Crippen MR) is 120 cm³/mol. The molecule has 2 saturated carbocycles. The molecule has 184 valence electrons. The number of carbonyl (C=O) groups is 2. The molecule has 11 heteroatoms. The van der Waals surface area contributed by atoms with Crippen LogP contribution < -0.4 is 16.1 Å². The normalized spacial score (nSPS) is 25.4. The summed E-state index contributed by atoms with van der Waals surface area (Å²) in [7, 11) is 0. The topological polar surface area (TPSA) is 161 Å². The molecule has 2 aliphatic rings. The Kier molecular flexibility index (Phi) is 6.87. The minimum Gasteiger partial charge on any atom is -0.480 e. The van der Waals surface area contributed by atoms with Gasteiger partial charge in [-0.3, -0.25) is 14.4 Å². The molecule has 1 aromatic carbocycles. The van der Waals surface area contributed by atoms with E-state index in [1.807, 2.05) is 0 Å². The second kappa shape index (κ2) is 9.69. The standard InChI is InChI=1S/C23H28FN3O7/c24-14-6-12-16(7-15(14)26-11-4-2-1-3-5-11)27(17-8-18(28)22(33)21(17)32)10-13(20(12)31)23(34)25-9-19(29)30/h6-7,10-11,17-18,21-22,26,28,32-33H,1-5,8-9H2,(H,25,34)(H,29,30). The molecule has 1 aromatic heterocycles. The zero-order valence-corrected chi connectivity index (χ0v) is 18.4. The molecule has 4 atom stereocenters. The molecule has 0 aliphatic heterocycles. The average molecular weight is 477 g/mol. The van der Waals surface area contributed by atoms with E-state index in [-0.39, 0.29) is 29.1 Å². The summed E-state index contributed by atoms with van der Waals surface area (Å²) in [5.74, 6) is -2.96. The second-order valence-electron chi connectivity index (χ2n) is 9.04. The van der Waals surface area contributed by atoms with Crippen molar-refractivity contribution in [1.82, 2.24) is 9.88 Å². The molecule has 0 saturated heterocycles. The lowest BCUT2D eigenvalue weighted by Gasteiger charge is -2.26. The van der Waals surface area contributed by atoms with Gasteiger partial charge in [-0.15, -0.1) is 0 Å². The number of aromatic nitrogens is 1. The molecular weight excluding hydrogens is 449 g/mol. The van der Waals surface area contributed by atoms with Gasteiger partial charge in [-0.25, -0.2) is 4.39 Å². The van der Waals surface area contributed by atoms with Crippen LogP contribution in [0.3, 0.4) is 0 Å². The van der Waals surface area contributed by atoms with Gasteiger partial charge < -0.3 is 35.6 Å². The molecule has 1 heterocycles. The molecule has 2 aromatic rings. The van der Waals surface area contributed by atoms with Crippen LogP contribution in [-0.4, -0.2) is 67.8 Å². The molecule has 2 fully saturated rings. The van der Waals surface area contributed by atoms with Crippen LogP contribution in [0.15, 0.2) is 23.1 Å². The summed E-state index contributed by atoms with van der Waals surface area (Å²) in [6.45, 7) is -0.724. The third-order valence-electron chi connectivity index (χ3n) is 6.71. The van der Waals surface area contributed by atoms with Gasteiger partial charge in [-0.1, -0.05) is 19.3 Å². The van der Waals surface area contributed by atoms with Gasteiger partial charge in [0.1, 0.15) is 30.1 Å². The van der Waals surface area contributed by atoms with E-state index in [9.17, 15) is 29.7 Å². The summed E-state index contributed by atoms with van der Waals surface area (Å²) in [5, 5.41) is 44.6. The molecule has 1 amide bonds. The Bertz CT molecular complexity index is 1160. The molecule has 6 N–H and O–H groups in total. The largest absolute Gasteiger partial charge is 0.480 e. The van der Waals surface area contributed by atoms with Crippen molar-refractivity contribution in [1.29, 1.82) is 0 Å². The molecule has 2 aliphatic carbocycles. The van der Waals surface area contributed by atoms with Crippen molar-refractivity contribution in [2.75, 3.05) is 11.9 Å². The number of nitrogens with zero attached hydrogens (tertiary/aromatic N) is 1. The van der Waals surface area contributed by atoms with Crippen LogP contribution in [0.4, 0.5) is 10.1 Å². The predicted octanol–water partition coefficient (Wildman–Crippen LogP) is 0.727. The summed E-state index contributed by atoms with van der Waals surface area (Å²) in [4.78, 5) is 36.5. The van der Waals surface area contributed by atoms with Crippen molar-refractivity contribution >= 4 is 28.5 Å². The van der Waals surface area contributed by atoms with E-state index in [1.54, 1.807) is 0 Å². The number of nitrogens with one attached hydrogen (secondary N) is 2. The first-order chi connectivity index (χ1) is 16.2. The number of aliphatic hydroxyl groups is 3. The summed E-state index contributed by atoms with van der Waals surface area (Å²) >= 11 is 0. The van der Waals surface area contributed by atoms with E-state index in [1.165, 1.54) is 10.6 Å². The number of pyridine rings is 1. The first-order valence-corrected chi connectivity index (χ1v) is 11.4. The Balaban J connectivity index is 1.84. The number of halogens is 1. The maximum atomic E-state index is 15.0. The Morgan fingerprint density at radius 2 is 1.79 bits per heavy atom. The Morgan fingerprint density at radius 3 is 2.41 bits per heavy atom. The van der Waals surface area contributed by atoms with Crippen molar-refractivity contribution in [2.24, 2.45) is 0 Å². The number of carboxylic acids is 1.